The third-order valence-corrected chi connectivity index (χ3v) is 8.00. The first kappa shape index (κ1) is 23.5. The molecule has 3 aromatic rings. The van der Waals surface area contributed by atoms with E-state index in [0.29, 0.717) is 29.5 Å². The zero-order valence-corrected chi connectivity index (χ0v) is 20.4. The van der Waals surface area contributed by atoms with Crippen LogP contribution in [0.2, 0.25) is 5.02 Å². The van der Waals surface area contributed by atoms with E-state index in [1.54, 1.807) is 35.2 Å². The number of sulfonamides is 1. The first-order valence-electron chi connectivity index (χ1n) is 10.8. The fourth-order valence-electron chi connectivity index (χ4n) is 3.78. The zero-order valence-electron chi connectivity index (χ0n) is 18.9. The Morgan fingerprint density at radius 3 is 2.15 bits per heavy atom. The zero-order chi connectivity index (χ0) is 23.8. The highest BCUT2D eigenvalue weighted by Crippen LogP contribution is 2.25. The number of H-pyrrole nitrogens is 1. The summed E-state index contributed by atoms with van der Waals surface area (Å²) in [7, 11) is -3.61. The smallest absolute Gasteiger partial charge is 0.271 e. The van der Waals surface area contributed by atoms with E-state index in [0.717, 1.165) is 11.1 Å². The standard InChI is InChI=1S/C24H27ClN4O3S/c1-24(2,3)18-6-10-20(11-7-18)33(31,32)29-14-12-28(13-15-29)23(30)22-16-21(26-27-22)17-4-8-19(25)9-5-17/h4-11,16H,12-15H2,1-3H3,(H,26,27). The van der Waals surface area contributed by atoms with Crippen LogP contribution in [0.1, 0.15) is 36.8 Å². The average molecular weight is 487 g/mol. The number of aromatic nitrogens is 2. The maximum atomic E-state index is 13.1. The van der Waals surface area contributed by atoms with Crippen molar-refractivity contribution in [2.75, 3.05) is 26.2 Å². The summed E-state index contributed by atoms with van der Waals surface area (Å²) in [6, 6.07) is 16.0. The Balaban J connectivity index is 1.41. The van der Waals surface area contributed by atoms with Gasteiger partial charge in [0.2, 0.25) is 10.0 Å². The minimum atomic E-state index is -3.61. The molecule has 9 heteroatoms. The summed E-state index contributed by atoms with van der Waals surface area (Å²) in [5, 5.41) is 7.65. The first-order valence-corrected chi connectivity index (χ1v) is 12.6. The van der Waals surface area contributed by atoms with Gasteiger partial charge in [0.15, 0.2) is 0 Å². The van der Waals surface area contributed by atoms with Crippen LogP contribution in [0.3, 0.4) is 0 Å². The normalized spacial score (nSPS) is 15.6. The van der Waals surface area contributed by atoms with Crippen LogP contribution in [0.4, 0.5) is 0 Å². The van der Waals surface area contributed by atoms with E-state index in [2.05, 4.69) is 31.0 Å². The number of rotatable bonds is 4. The highest BCUT2D eigenvalue weighted by Gasteiger charge is 2.31. The van der Waals surface area contributed by atoms with Gasteiger partial charge >= 0.3 is 0 Å². The van der Waals surface area contributed by atoms with Crippen molar-refractivity contribution in [3.63, 3.8) is 0 Å². The number of aromatic amines is 1. The minimum Gasteiger partial charge on any atom is -0.335 e. The van der Waals surface area contributed by atoms with E-state index in [1.165, 1.54) is 4.31 Å². The fourth-order valence-corrected chi connectivity index (χ4v) is 5.33. The molecular formula is C24H27ClN4O3S. The van der Waals surface area contributed by atoms with E-state index < -0.39 is 10.0 Å². The average Bonchev–Trinajstić information content (AvgIpc) is 3.29. The molecule has 1 aromatic heterocycles. The third kappa shape index (κ3) is 4.98. The van der Waals surface area contributed by atoms with Crippen LogP contribution in [0, 0.1) is 0 Å². The fraction of sp³-hybridized carbons (Fsp3) is 0.333. The summed E-state index contributed by atoms with van der Waals surface area (Å²) in [4.78, 5) is 14.8. The quantitative estimate of drug-likeness (QED) is 0.599. The monoisotopic (exact) mass is 486 g/mol. The summed E-state index contributed by atoms with van der Waals surface area (Å²) in [6.07, 6.45) is 0. The highest BCUT2D eigenvalue weighted by atomic mass is 35.5. The molecule has 33 heavy (non-hydrogen) atoms. The van der Waals surface area contributed by atoms with Crippen LogP contribution in [-0.2, 0) is 15.4 Å². The lowest BCUT2D eigenvalue weighted by molar-refractivity contribution is 0.0692. The Morgan fingerprint density at radius 1 is 0.970 bits per heavy atom. The van der Waals surface area contributed by atoms with Crippen molar-refractivity contribution in [3.8, 4) is 11.3 Å². The number of carbonyl (C=O) groups is 1. The highest BCUT2D eigenvalue weighted by molar-refractivity contribution is 7.89. The summed E-state index contributed by atoms with van der Waals surface area (Å²) in [5.74, 6) is -0.200. The molecule has 0 radical (unpaired) electrons. The molecule has 4 rings (SSSR count). The van der Waals surface area contributed by atoms with E-state index in [4.69, 9.17) is 11.6 Å². The number of benzene rings is 2. The van der Waals surface area contributed by atoms with Crippen LogP contribution < -0.4 is 0 Å². The Bertz CT molecular complexity index is 1240. The van der Waals surface area contributed by atoms with Gasteiger partial charge in [-0.25, -0.2) is 8.42 Å². The number of carbonyl (C=O) groups excluding carboxylic acids is 1. The molecule has 0 spiro atoms. The molecule has 1 saturated heterocycles. The van der Waals surface area contributed by atoms with Gasteiger partial charge in [0.25, 0.3) is 5.91 Å². The summed E-state index contributed by atoms with van der Waals surface area (Å²) in [5.41, 5.74) is 2.90. The molecule has 0 atom stereocenters. The van der Waals surface area contributed by atoms with Crippen molar-refractivity contribution < 1.29 is 13.2 Å². The molecule has 7 nitrogen and oxygen atoms in total. The molecular weight excluding hydrogens is 460 g/mol. The predicted octanol–water partition coefficient (Wildman–Crippen LogP) is 4.17. The van der Waals surface area contributed by atoms with Crippen LogP contribution in [0.25, 0.3) is 11.3 Å². The molecule has 1 fully saturated rings. The number of halogens is 1. The van der Waals surface area contributed by atoms with Crippen LogP contribution in [0.15, 0.2) is 59.5 Å². The summed E-state index contributed by atoms with van der Waals surface area (Å²) >= 11 is 5.93. The molecule has 1 aliphatic rings. The van der Waals surface area contributed by atoms with Crippen LogP contribution in [-0.4, -0.2) is 59.9 Å². The number of nitrogens with one attached hydrogen (secondary N) is 1. The summed E-state index contributed by atoms with van der Waals surface area (Å²) in [6.45, 7) is 7.38. The molecule has 0 aliphatic carbocycles. The molecule has 1 amide bonds. The Morgan fingerprint density at radius 2 is 1.58 bits per heavy atom. The van der Waals surface area contributed by atoms with Crippen molar-refractivity contribution in [1.82, 2.24) is 19.4 Å². The van der Waals surface area contributed by atoms with Gasteiger partial charge < -0.3 is 4.90 Å². The van der Waals surface area contributed by atoms with E-state index in [-0.39, 0.29) is 29.3 Å². The third-order valence-electron chi connectivity index (χ3n) is 5.83. The van der Waals surface area contributed by atoms with E-state index >= 15 is 0 Å². The number of hydrogen-bond acceptors (Lipinski definition) is 4. The van der Waals surface area contributed by atoms with Gasteiger partial charge in [0.1, 0.15) is 5.69 Å². The largest absolute Gasteiger partial charge is 0.335 e. The second-order valence-corrected chi connectivity index (χ2v) is 11.5. The predicted molar refractivity (Wildman–Crippen MR) is 129 cm³/mol. The maximum Gasteiger partial charge on any atom is 0.271 e. The van der Waals surface area contributed by atoms with Crippen molar-refractivity contribution in [2.45, 2.75) is 31.1 Å². The van der Waals surface area contributed by atoms with Gasteiger partial charge in [-0.05, 0) is 41.3 Å². The number of hydrogen-bond donors (Lipinski definition) is 1. The van der Waals surface area contributed by atoms with Crippen molar-refractivity contribution in [1.29, 1.82) is 0 Å². The lowest BCUT2D eigenvalue weighted by Gasteiger charge is -2.33. The first-order chi connectivity index (χ1) is 15.6. The molecule has 2 aromatic carbocycles. The molecule has 1 N–H and O–H groups in total. The molecule has 1 aliphatic heterocycles. The van der Waals surface area contributed by atoms with Crippen molar-refractivity contribution in [2.24, 2.45) is 0 Å². The number of amides is 1. The number of piperazine rings is 1. The van der Waals surface area contributed by atoms with Crippen molar-refractivity contribution in [3.05, 3.63) is 70.9 Å². The Hall–Kier alpha value is -2.68. The van der Waals surface area contributed by atoms with Gasteiger partial charge in [0.05, 0.1) is 10.6 Å². The van der Waals surface area contributed by atoms with Crippen molar-refractivity contribution >= 4 is 27.5 Å². The molecule has 0 bridgehead atoms. The maximum absolute atomic E-state index is 13.1. The lowest BCUT2D eigenvalue weighted by Crippen LogP contribution is -2.50. The molecule has 2 heterocycles. The Labute approximate surface area is 199 Å². The lowest BCUT2D eigenvalue weighted by atomic mass is 9.87. The molecule has 174 valence electrons. The van der Waals surface area contributed by atoms with Crippen LogP contribution in [0.5, 0.6) is 0 Å². The Kier molecular flexibility index (Phi) is 6.35. The van der Waals surface area contributed by atoms with Gasteiger partial charge in [-0.1, -0.05) is 56.6 Å². The minimum absolute atomic E-state index is 0.0472. The SMILES string of the molecule is CC(C)(C)c1ccc(S(=O)(=O)N2CCN(C(=O)c3cc(-c4ccc(Cl)cc4)n[nH]3)CC2)cc1. The second kappa shape index (κ2) is 8.93. The summed E-state index contributed by atoms with van der Waals surface area (Å²) < 4.78 is 27.6. The van der Waals surface area contributed by atoms with E-state index in [1.807, 2.05) is 24.3 Å². The molecule has 0 unspecified atom stereocenters. The van der Waals surface area contributed by atoms with E-state index in [9.17, 15) is 13.2 Å². The van der Waals surface area contributed by atoms with Gasteiger partial charge in [-0.15, -0.1) is 0 Å². The van der Waals surface area contributed by atoms with Gasteiger partial charge in [-0.3, -0.25) is 9.89 Å². The topological polar surface area (TPSA) is 86.4 Å². The van der Waals surface area contributed by atoms with Gasteiger partial charge in [0, 0.05) is 36.8 Å². The van der Waals surface area contributed by atoms with Gasteiger partial charge in [-0.2, -0.15) is 9.40 Å². The molecule has 0 saturated carbocycles. The second-order valence-electron chi connectivity index (χ2n) is 9.14. The van der Waals surface area contributed by atoms with Crippen LogP contribution >= 0.6 is 11.6 Å². The number of nitrogens with zero attached hydrogens (tertiary/aromatic N) is 3.